The van der Waals surface area contributed by atoms with E-state index in [2.05, 4.69) is 0 Å². The molecule has 1 saturated heterocycles. The van der Waals surface area contributed by atoms with Gasteiger partial charge in [-0.05, 0) is 37.0 Å². The lowest BCUT2D eigenvalue weighted by Gasteiger charge is -2.28. The van der Waals surface area contributed by atoms with Gasteiger partial charge >= 0.3 is 0 Å². The van der Waals surface area contributed by atoms with Gasteiger partial charge in [-0.2, -0.15) is 0 Å². The summed E-state index contributed by atoms with van der Waals surface area (Å²) in [6, 6.07) is 6.20. The number of hydrogen-bond acceptors (Lipinski definition) is 2. The molecule has 5 heteroatoms. The average Bonchev–Trinajstić information content (AvgIpc) is 2.88. The second kappa shape index (κ2) is 8.45. The molecule has 0 spiro atoms. The van der Waals surface area contributed by atoms with Crippen LogP contribution in [0.1, 0.15) is 44.1 Å². The van der Waals surface area contributed by atoms with Crippen LogP contribution in [0.25, 0.3) is 0 Å². The molecule has 1 aromatic carbocycles. The second-order valence-corrected chi connectivity index (χ2v) is 7.20. The Morgan fingerprint density at radius 1 is 0.960 bits per heavy atom. The van der Waals surface area contributed by atoms with Crippen LogP contribution in [-0.4, -0.2) is 47.8 Å². The van der Waals surface area contributed by atoms with Gasteiger partial charge in [0.2, 0.25) is 11.8 Å². The third-order valence-corrected chi connectivity index (χ3v) is 5.36. The predicted octanol–water partition coefficient (Wildman–Crippen LogP) is 3.01. The Labute approximate surface area is 149 Å². The van der Waals surface area contributed by atoms with Crippen molar-refractivity contribution in [1.82, 2.24) is 9.80 Å². The molecule has 1 heterocycles. The van der Waals surface area contributed by atoms with Crippen LogP contribution in [0.2, 0.25) is 0 Å². The summed E-state index contributed by atoms with van der Waals surface area (Å²) < 4.78 is 13.3. The molecule has 0 bridgehead atoms. The minimum Gasteiger partial charge on any atom is -0.341 e. The van der Waals surface area contributed by atoms with E-state index in [4.69, 9.17) is 0 Å². The highest BCUT2D eigenvalue weighted by atomic mass is 19.1. The first-order valence-corrected chi connectivity index (χ1v) is 9.44. The minimum absolute atomic E-state index is 0.0116. The number of amides is 2. The largest absolute Gasteiger partial charge is 0.341 e. The molecule has 1 aromatic rings. The summed E-state index contributed by atoms with van der Waals surface area (Å²) in [4.78, 5) is 29.0. The highest BCUT2D eigenvalue weighted by Gasteiger charge is 2.28. The zero-order valence-corrected chi connectivity index (χ0v) is 14.8. The van der Waals surface area contributed by atoms with Crippen molar-refractivity contribution in [2.75, 3.05) is 26.2 Å². The van der Waals surface area contributed by atoms with E-state index >= 15 is 0 Å². The predicted molar refractivity (Wildman–Crippen MR) is 94.5 cm³/mol. The molecule has 2 amide bonds. The van der Waals surface area contributed by atoms with E-state index in [0.717, 1.165) is 38.6 Å². The molecule has 136 valence electrons. The fraction of sp³-hybridized carbons (Fsp3) is 0.600. The van der Waals surface area contributed by atoms with E-state index in [1.807, 2.05) is 9.80 Å². The zero-order chi connectivity index (χ0) is 17.6. The van der Waals surface area contributed by atoms with Gasteiger partial charge in [0, 0.05) is 32.1 Å². The molecule has 25 heavy (non-hydrogen) atoms. The third-order valence-electron chi connectivity index (χ3n) is 5.36. The maximum atomic E-state index is 13.3. The van der Waals surface area contributed by atoms with Crippen molar-refractivity contribution < 1.29 is 14.0 Å². The van der Waals surface area contributed by atoms with Crippen LogP contribution in [0, 0.1) is 11.7 Å². The lowest BCUT2D eigenvalue weighted by atomic mass is 9.88. The van der Waals surface area contributed by atoms with E-state index in [9.17, 15) is 14.0 Å². The Balaban J connectivity index is 1.53. The SMILES string of the molecule is O=C(Cc1cccc(F)c1)N1CCCN(C(=O)C2CCCCC2)CC1. The van der Waals surface area contributed by atoms with Crippen molar-refractivity contribution in [3.05, 3.63) is 35.6 Å². The van der Waals surface area contributed by atoms with Crippen molar-refractivity contribution in [2.24, 2.45) is 5.92 Å². The smallest absolute Gasteiger partial charge is 0.227 e. The van der Waals surface area contributed by atoms with E-state index < -0.39 is 0 Å². The molecule has 0 atom stereocenters. The Bertz CT molecular complexity index is 613. The number of nitrogens with zero attached hydrogens (tertiary/aromatic N) is 2. The van der Waals surface area contributed by atoms with Crippen molar-refractivity contribution >= 4 is 11.8 Å². The molecule has 1 aliphatic heterocycles. The average molecular weight is 346 g/mol. The lowest BCUT2D eigenvalue weighted by Crippen LogP contribution is -2.40. The highest BCUT2D eigenvalue weighted by Crippen LogP contribution is 2.25. The first kappa shape index (κ1) is 17.9. The van der Waals surface area contributed by atoms with Crippen molar-refractivity contribution in [1.29, 1.82) is 0 Å². The van der Waals surface area contributed by atoms with Gasteiger partial charge in [0.05, 0.1) is 6.42 Å². The van der Waals surface area contributed by atoms with Gasteiger partial charge in [-0.1, -0.05) is 31.4 Å². The molecule has 4 nitrogen and oxygen atoms in total. The van der Waals surface area contributed by atoms with Gasteiger partial charge in [0.25, 0.3) is 0 Å². The monoisotopic (exact) mass is 346 g/mol. The number of benzene rings is 1. The van der Waals surface area contributed by atoms with Crippen molar-refractivity contribution in [3.63, 3.8) is 0 Å². The molecule has 2 aliphatic rings. The standard InChI is InChI=1S/C20H27FN2O2/c21-18-9-4-6-16(14-18)15-19(24)22-10-5-11-23(13-12-22)20(25)17-7-2-1-3-8-17/h4,6,9,14,17H,1-3,5,7-8,10-13,15H2. The Morgan fingerprint density at radius 2 is 1.68 bits per heavy atom. The maximum absolute atomic E-state index is 13.3. The number of carbonyl (C=O) groups excluding carboxylic acids is 2. The topological polar surface area (TPSA) is 40.6 Å². The molecule has 1 aliphatic carbocycles. The molecule has 0 radical (unpaired) electrons. The molecular weight excluding hydrogens is 319 g/mol. The first-order chi connectivity index (χ1) is 12.1. The van der Waals surface area contributed by atoms with Crippen LogP contribution in [0.3, 0.4) is 0 Å². The quantitative estimate of drug-likeness (QED) is 0.844. The summed E-state index contributed by atoms with van der Waals surface area (Å²) in [6.45, 7) is 2.60. The molecular formula is C20H27FN2O2. The molecule has 3 rings (SSSR count). The number of halogens is 1. The van der Waals surface area contributed by atoms with Gasteiger partial charge in [-0.15, -0.1) is 0 Å². The van der Waals surface area contributed by atoms with Crippen molar-refractivity contribution in [2.45, 2.75) is 44.9 Å². The summed E-state index contributed by atoms with van der Waals surface area (Å²) >= 11 is 0. The van der Waals surface area contributed by atoms with Gasteiger partial charge in [-0.25, -0.2) is 4.39 Å². The Hall–Kier alpha value is -1.91. The first-order valence-electron chi connectivity index (χ1n) is 9.44. The lowest BCUT2D eigenvalue weighted by molar-refractivity contribution is -0.137. The van der Waals surface area contributed by atoms with E-state index in [1.165, 1.54) is 18.6 Å². The molecule has 1 saturated carbocycles. The Kier molecular flexibility index (Phi) is 6.05. The van der Waals surface area contributed by atoms with E-state index in [1.54, 1.807) is 12.1 Å². The zero-order valence-electron chi connectivity index (χ0n) is 14.8. The molecule has 0 N–H and O–H groups in total. The van der Waals surface area contributed by atoms with Crippen LogP contribution in [0.4, 0.5) is 4.39 Å². The molecule has 0 aromatic heterocycles. The summed E-state index contributed by atoms with van der Waals surface area (Å²) in [5, 5.41) is 0. The normalized spacial score (nSPS) is 19.6. The maximum Gasteiger partial charge on any atom is 0.227 e. The Morgan fingerprint density at radius 3 is 2.44 bits per heavy atom. The summed E-state index contributed by atoms with van der Waals surface area (Å²) in [5.74, 6) is 0.158. The minimum atomic E-state index is -0.314. The van der Waals surface area contributed by atoms with Crippen molar-refractivity contribution in [3.8, 4) is 0 Å². The summed E-state index contributed by atoms with van der Waals surface area (Å²) in [7, 11) is 0. The van der Waals surface area contributed by atoms with E-state index in [-0.39, 0.29) is 30.0 Å². The van der Waals surface area contributed by atoms with Gasteiger partial charge < -0.3 is 9.80 Å². The van der Waals surface area contributed by atoms with Crippen LogP contribution in [0.5, 0.6) is 0 Å². The van der Waals surface area contributed by atoms with Crippen LogP contribution < -0.4 is 0 Å². The third kappa shape index (κ3) is 4.80. The summed E-state index contributed by atoms with van der Waals surface area (Å²) in [5.41, 5.74) is 0.699. The second-order valence-electron chi connectivity index (χ2n) is 7.20. The van der Waals surface area contributed by atoms with E-state index in [0.29, 0.717) is 25.2 Å². The fourth-order valence-electron chi connectivity index (χ4n) is 3.93. The highest BCUT2D eigenvalue weighted by molar-refractivity contribution is 5.80. The number of carbonyl (C=O) groups is 2. The fourth-order valence-corrected chi connectivity index (χ4v) is 3.93. The number of rotatable bonds is 3. The van der Waals surface area contributed by atoms with Gasteiger partial charge in [-0.3, -0.25) is 9.59 Å². The van der Waals surface area contributed by atoms with Crippen LogP contribution >= 0.6 is 0 Å². The van der Waals surface area contributed by atoms with Gasteiger partial charge in [0.1, 0.15) is 5.82 Å². The van der Waals surface area contributed by atoms with Crippen LogP contribution in [-0.2, 0) is 16.0 Å². The molecule has 2 fully saturated rings. The summed E-state index contributed by atoms with van der Waals surface area (Å²) in [6.07, 6.45) is 6.61. The van der Waals surface area contributed by atoms with Crippen LogP contribution in [0.15, 0.2) is 24.3 Å². The molecule has 0 unspecified atom stereocenters. The van der Waals surface area contributed by atoms with Gasteiger partial charge in [0.15, 0.2) is 0 Å². The number of hydrogen-bond donors (Lipinski definition) is 0.